The SMILES string of the molecule is CCn1c(=C=C(C#N)C(=O)NCN)sc(=C=CNc2cccc(CCN3CCN(C(C)=O)CC3)c2)c1=O. The summed E-state index contributed by atoms with van der Waals surface area (Å²) in [6.45, 7) is 7.89. The second-order valence-electron chi connectivity index (χ2n) is 8.34. The third kappa shape index (κ3) is 7.54. The van der Waals surface area contributed by atoms with Gasteiger partial charge in [-0.3, -0.25) is 23.9 Å². The van der Waals surface area contributed by atoms with Crippen molar-refractivity contribution >= 4 is 40.3 Å². The number of carbonyl (C=O) groups is 2. The molecule has 1 saturated heterocycles. The zero-order valence-electron chi connectivity index (χ0n) is 21.0. The molecule has 3 rings (SSSR count). The third-order valence-corrected chi connectivity index (χ3v) is 6.95. The van der Waals surface area contributed by atoms with Gasteiger partial charge in [0.15, 0.2) is 5.57 Å². The Hall–Kier alpha value is -3.90. The lowest BCUT2D eigenvalue weighted by Crippen LogP contribution is -2.48. The van der Waals surface area contributed by atoms with Crippen molar-refractivity contribution in [2.45, 2.75) is 26.8 Å². The lowest BCUT2D eigenvalue weighted by molar-refractivity contribution is -0.130. The Labute approximate surface area is 219 Å². The van der Waals surface area contributed by atoms with E-state index in [0.717, 1.165) is 56.2 Å². The van der Waals surface area contributed by atoms with E-state index in [1.165, 1.54) is 10.1 Å². The maximum Gasteiger partial charge on any atom is 0.277 e. The Bertz CT molecular complexity index is 1430. The van der Waals surface area contributed by atoms with Gasteiger partial charge in [0.2, 0.25) is 5.91 Å². The first-order chi connectivity index (χ1) is 17.9. The summed E-state index contributed by atoms with van der Waals surface area (Å²) in [5, 5.41) is 14.8. The number of amides is 2. The summed E-state index contributed by atoms with van der Waals surface area (Å²) in [5.74, 6) is -0.512. The van der Waals surface area contributed by atoms with Gasteiger partial charge in [0.05, 0.1) is 6.67 Å². The van der Waals surface area contributed by atoms with E-state index < -0.39 is 5.91 Å². The van der Waals surface area contributed by atoms with Crippen molar-refractivity contribution in [3.05, 3.63) is 61.2 Å². The first-order valence-corrected chi connectivity index (χ1v) is 12.9. The predicted molar refractivity (Wildman–Crippen MR) is 144 cm³/mol. The Morgan fingerprint density at radius 2 is 2.00 bits per heavy atom. The van der Waals surface area contributed by atoms with Gasteiger partial charge in [0.1, 0.15) is 15.3 Å². The maximum absolute atomic E-state index is 12.8. The van der Waals surface area contributed by atoms with Crippen molar-refractivity contribution < 1.29 is 9.59 Å². The molecule has 1 aliphatic heterocycles. The number of nitrogens with zero attached hydrogens (tertiary/aromatic N) is 4. The Morgan fingerprint density at radius 3 is 2.65 bits per heavy atom. The Balaban J connectivity index is 1.75. The van der Waals surface area contributed by atoms with Gasteiger partial charge in [-0.15, -0.1) is 0 Å². The lowest BCUT2D eigenvalue weighted by atomic mass is 10.1. The molecule has 1 aromatic heterocycles. The minimum atomic E-state index is -0.644. The third-order valence-electron chi connectivity index (χ3n) is 5.94. The summed E-state index contributed by atoms with van der Waals surface area (Å²) >= 11 is 1.10. The van der Waals surface area contributed by atoms with Crippen LogP contribution in [0.1, 0.15) is 19.4 Å². The standard InChI is InChI=1S/C26H31N7O3S/c1-3-33-24(16-21(17-27)25(35)30-18-28)37-23(26(33)36)7-9-29-22-6-4-5-20(15-22)8-10-31-11-13-32(14-12-31)19(2)34/h4-6,9,15,29H,3,8,10-14,18,28H2,1-2H3,(H,30,35). The number of hydrogen-bond acceptors (Lipinski definition) is 8. The molecule has 37 heavy (non-hydrogen) atoms. The number of thiazole rings is 1. The number of aromatic nitrogens is 1. The molecule has 1 aliphatic rings. The number of nitriles is 1. The minimum Gasteiger partial charge on any atom is -0.355 e. The van der Waals surface area contributed by atoms with Crippen LogP contribution in [0.5, 0.6) is 0 Å². The number of nitrogens with one attached hydrogen (secondary N) is 2. The van der Waals surface area contributed by atoms with Crippen LogP contribution in [-0.2, 0) is 22.6 Å². The zero-order valence-corrected chi connectivity index (χ0v) is 21.9. The summed E-state index contributed by atoms with van der Waals surface area (Å²) in [7, 11) is 0. The van der Waals surface area contributed by atoms with E-state index in [9.17, 15) is 19.6 Å². The fourth-order valence-corrected chi connectivity index (χ4v) is 4.86. The topological polar surface area (TPSA) is 136 Å². The highest BCUT2D eigenvalue weighted by atomic mass is 32.1. The minimum absolute atomic E-state index is 0.108. The fraction of sp³-hybridized carbons (Fsp3) is 0.385. The average Bonchev–Trinajstić information content (AvgIpc) is 3.20. The highest BCUT2D eigenvalue weighted by molar-refractivity contribution is 7.07. The largest absolute Gasteiger partial charge is 0.355 e. The van der Waals surface area contributed by atoms with E-state index in [1.54, 1.807) is 26.1 Å². The molecule has 0 spiro atoms. The highest BCUT2D eigenvalue weighted by Crippen LogP contribution is 2.12. The van der Waals surface area contributed by atoms with Gasteiger partial charge in [-0.25, -0.2) is 0 Å². The van der Waals surface area contributed by atoms with Gasteiger partial charge < -0.3 is 21.3 Å². The zero-order chi connectivity index (χ0) is 26.8. The molecule has 2 heterocycles. The van der Waals surface area contributed by atoms with Crippen molar-refractivity contribution in [1.82, 2.24) is 19.7 Å². The summed E-state index contributed by atoms with van der Waals surface area (Å²) < 4.78 is 2.12. The maximum atomic E-state index is 12.8. The van der Waals surface area contributed by atoms with Crippen LogP contribution in [0.3, 0.4) is 0 Å². The van der Waals surface area contributed by atoms with Crippen molar-refractivity contribution in [3.63, 3.8) is 0 Å². The molecule has 1 fully saturated rings. The summed E-state index contributed by atoms with van der Waals surface area (Å²) in [4.78, 5) is 40.5. The smallest absolute Gasteiger partial charge is 0.277 e. The number of carbonyl (C=O) groups excluding carboxylic acids is 2. The number of piperazine rings is 1. The number of rotatable bonds is 8. The van der Waals surface area contributed by atoms with Crippen molar-refractivity contribution in [1.29, 1.82) is 5.26 Å². The monoisotopic (exact) mass is 521 g/mol. The number of hydrogen-bond donors (Lipinski definition) is 3. The van der Waals surface area contributed by atoms with E-state index in [1.807, 2.05) is 17.0 Å². The quantitative estimate of drug-likeness (QED) is 0.242. The molecule has 1 aromatic carbocycles. The predicted octanol–water partition coefficient (Wildman–Crippen LogP) is -0.497. The van der Waals surface area contributed by atoms with Gasteiger partial charge in [-0.2, -0.15) is 5.26 Å². The van der Waals surface area contributed by atoms with Crippen LogP contribution in [0.2, 0.25) is 0 Å². The first-order valence-electron chi connectivity index (χ1n) is 12.0. The van der Waals surface area contributed by atoms with Crippen molar-refractivity contribution in [2.24, 2.45) is 5.73 Å². The van der Waals surface area contributed by atoms with Crippen LogP contribution < -0.4 is 31.1 Å². The number of benzene rings is 1. The molecule has 2 amide bonds. The first kappa shape index (κ1) is 27.7. The van der Waals surface area contributed by atoms with Gasteiger partial charge in [-0.1, -0.05) is 34.9 Å². The Kier molecular flexibility index (Phi) is 10.0. The second kappa shape index (κ2) is 13.4. The van der Waals surface area contributed by atoms with E-state index >= 15 is 0 Å². The van der Waals surface area contributed by atoms with Crippen molar-refractivity contribution in [3.8, 4) is 6.07 Å². The van der Waals surface area contributed by atoms with Crippen LogP contribution in [0.4, 0.5) is 5.69 Å². The molecule has 0 unspecified atom stereocenters. The van der Waals surface area contributed by atoms with Crippen LogP contribution in [0, 0.1) is 11.3 Å². The van der Waals surface area contributed by atoms with E-state index in [4.69, 9.17) is 5.73 Å². The molecule has 11 heteroatoms. The van der Waals surface area contributed by atoms with Crippen LogP contribution >= 0.6 is 11.3 Å². The second-order valence-corrected chi connectivity index (χ2v) is 9.34. The van der Waals surface area contributed by atoms with Gasteiger partial charge >= 0.3 is 0 Å². The molecule has 0 bridgehead atoms. The van der Waals surface area contributed by atoms with Crippen LogP contribution in [0.15, 0.2) is 40.8 Å². The number of nitrogens with two attached hydrogens (primary N) is 1. The highest BCUT2D eigenvalue weighted by Gasteiger charge is 2.18. The van der Waals surface area contributed by atoms with Crippen LogP contribution in [-0.4, -0.2) is 65.6 Å². The molecule has 0 atom stereocenters. The molecule has 194 valence electrons. The average molecular weight is 522 g/mol. The van der Waals surface area contributed by atoms with Crippen LogP contribution in [0.25, 0.3) is 11.5 Å². The Morgan fingerprint density at radius 1 is 1.24 bits per heavy atom. The molecule has 4 N–H and O–H groups in total. The fourth-order valence-electron chi connectivity index (χ4n) is 3.88. The summed E-state index contributed by atoms with van der Waals surface area (Å²) in [6.07, 6.45) is 2.47. The van der Waals surface area contributed by atoms with Gasteiger partial charge in [-0.05, 0) is 31.0 Å². The molecule has 0 aliphatic carbocycles. The summed E-state index contributed by atoms with van der Waals surface area (Å²) in [6, 6.07) is 9.83. The molecule has 2 aromatic rings. The molecule has 0 radical (unpaired) electrons. The van der Waals surface area contributed by atoms with Crippen molar-refractivity contribution in [2.75, 3.05) is 44.7 Å². The van der Waals surface area contributed by atoms with E-state index in [2.05, 4.69) is 39.1 Å². The molecular formula is C26H31N7O3S. The van der Waals surface area contributed by atoms with E-state index in [-0.39, 0.29) is 23.7 Å². The molecule has 0 saturated carbocycles. The number of anilines is 1. The van der Waals surface area contributed by atoms with E-state index in [0.29, 0.717) is 15.7 Å². The van der Waals surface area contributed by atoms with Gasteiger partial charge in [0.25, 0.3) is 11.5 Å². The summed E-state index contributed by atoms with van der Waals surface area (Å²) in [5.41, 5.74) is 12.5. The molecular weight excluding hydrogens is 490 g/mol. The molecule has 10 nitrogen and oxygen atoms in total. The normalized spacial score (nSPS) is 13.2. The van der Waals surface area contributed by atoms with Gasteiger partial charge in [0, 0.05) is 58.1 Å². The lowest BCUT2D eigenvalue weighted by Gasteiger charge is -2.34.